The molecule has 0 bridgehead atoms. The second-order valence-electron chi connectivity index (χ2n) is 6.07. The number of rotatable bonds is 4. The Morgan fingerprint density at radius 3 is 2.67 bits per heavy atom. The molecule has 2 aromatic carbocycles. The molecule has 134 valence electrons. The molecule has 7 nitrogen and oxygen atoms in total. The molecule has 0 unspecified atom stereocenters. The van der Waals surface area contributed by atoms with E-state index in [4.69, 9.17) is 0 Å². The van der Waals surface area contributed by atoms with Crippen LogP contribution in [0, 0.1) is 0 Å². The van der Waals surface area contributed by atoms with Gasteiger partial charge in [0, 0.05) is 30.1 Å². The normalized spacial score (nSPS) is 10.7. The minimum absolute atomic E-state index is 0.120. The Morgan fingerprint density at radius 1 is 1.07 bits per heavy atom. The molecule has 7 heteroatoms. The molecular formula is C20H17N5O2. The van der Waals surface area contributed by atoms with Crippen LogP contribution in [0.25, 0.3) is 16.8 Å². The van der Waals surface area contributed by atoms with Gasteiger partial charge in [0.15, 0.2) is 5.65 Å². The third-order valence-corrected chi connectivity index (χ3v) is 4.00. The number of aromatic hydroxyl groups is 1. The Bertz CT molecular complexity index is 1120. The molecule has 0 aliphatic heterocycles. The van der Waals surface area contributed by atoms with Crippen molar-refractivity contribution in [3.05, 3.63) is 67.0 Å². The molecule has 0 fully saturated rings. The van der Waals surface area contributed by atoms with Crippen LogP contribution < -0.4 is 10.6 Å². The first-order chi connectivity index (χ1) is 13.1. The van der Waals surface area contributed by atoms with E-state index in [1.807, 2.05) is 36.5 Å². The average Bonchev–Trinajstić information content (AvgIpc) is 3.06. The summed E-state index contributed by atoms with van der Waals surface area (Å²) in [5, 5.41) is 19.7. The molecule has 4 aromatic rings. The molecule has 0 saturated carbocycles. The highest BCUT2D eigenvalue weighted by molar-refractivity contribution is 5.90. The molecular weight excluding hydrogens is 342 g/mol. The maximum Gasteiger partial charge on any atom is 0.221 e. The monoisotopic (exact) mass is 359 g/mol. The highest BCUT2D eigenvalue weighted by Gasteiger charge is 2.10. The molecule has 4 rings (SSSR count). The van der Waals surface area contributed by atoms with Crippen molar-refractivity contribution in [2.45, 2.75) is 6.92 Å². The van der Waals surface area contributed by atoms with Gasteiger partial charge in [-0.15, -0.1) is 0 Å². The number of phenolic OH excluding ortho intramolecular Hbond substituents is 1. The second kappa shape index (κ2) is 6.80. The lowest BCUT2D eigenvalue weighted by molar-refractivity contribution is -0.114. The number of hydrogen-bond acceptors (Lipinski definition) is 5. The molecule has 0 spiro atoms. The third-order valence-electron chi connectivity index (χ3n) is 4.00. The lowest BCUT2D eigenvalue weighted by Crippen LogP contribution is -2.05. The van der Waals surface area contributed by atoms with Crippen molar-refractivity contribution in [2.75, 3.05) is 10.6 Å². The van der Waals surface area contributed by atoms with E-state index in [-0.39, 0.29) is 11.7 Å². The van der Waals surface area contributed by atoms with Gasteiger partial charge in [-0.05, 0) is 48.0 Å². The fraction of sp³-hybridized carbons (Fsp3) is 0.0500. The Balaban J connectivity index is 1.70. The molecule has 0 saturated heterocycles. The summed E-state index contributed by atoms with van der Waals surface area (Å²) >= 11 is 0. The third kappa shape index (κ3) is 3.57. The van der Waals surface area contributed by atoms with Gasteiger partial charge in [-0.25, -0.2) is 9.50 Å². The van der Waals surface area contributed by atoms with Crippen molar-refractivity contribution in [1.29, 1.82) is 0 Å². The molecule has 0 aliphatic rings. The lowest BCUT2D eigenvalue weighted by atomic mass is 10.1. The molecule has 0 radical (unpaired) electrons. The fourth-order valence-corrected chi connectivity index (χ4v) is 2.80. The van der Waals surface area contributed by atoms with Crippen LogP contribution in [0.1, 0.15) is 6.92 Å². The zero-order valence-corrected chi connectivity index (χ0v) is 14.5. The van der Waals surface area contributed by atoms with Crippen LogP contribution in [0.3, 0.4) is 0 Å². The number of carbonyl (C=O) groups is 1. The van der Waals surface area contributed by atoms with Gasteiger partial charge in [-0.1, -0.05) is 12.1 Å². The van der Waals surface area contributed by atoms with Gasteiger partial charge in [0.2, 0.25) is 5.91 Å². The first-order valence-corrected chi connectivity index (χ1v) is 8.37. The number of nitrogens with one attached hydrogen (secondary N) is 2. The summed E-state index contributed by atoms with van der Waals surface area (Å²) in [5.41, 5.74) is 4.00. The zero-order chi connectivity index (χ0) is 18.8. The molecule has 3 N–H and O–H groups in total. The van der Waals surface area contributed by atoms with E-state index < -0.39 is 0 Å². The number of fused-ring (bicyclic) bond motifs is 1. The van der Waals surface area contributed by atoms with E-state index in [1.54, 1.807) is 35.0 Å². The van der Waals surface area contributed by atoms with Crippen molar-refractivity contribution in [3.63, 3.8) is 0 Å². The maximum atomic E-state index is 11.3. The molecule has 1 amide bonds. The van der Waals surface area contributed by atoms with Gasteiger partial charge < -0.3 is 15.7 Å². The van der Waals surface area contributed by atoms with Crippen LogP contribution in [0.5, 0.6) is 5.75 Å². The average molecular weight is 359 g/mol. The van der Waals surface area contributed by atoms with Crippen LogP contribution in [-0.4, -0.2) is 25.6 Å². The van der Waals surface area contributed by atoms with E-state index in [9.17, 15) is 9.90 Å². The Hall–Kier alpha value is -3.87. The number of phenols is 1. The van der Waals surface area contributed by atoms with E-state index in [2.05, 4.69) is 20.7 Å². The molecule has 0 aliphatic carbocycles. The first kappa shape index (κ1) is 16.6. The van der Waals surface area contributed by atoms with Gasteiger partial charge in [0.25, 0.3) is 0 Å². The number of benzene rings is 2. The van der Waals surface area contributed by atoms with E-state index >= 15 is 0 Å². The van der Waals surface area contributed by atoms with Crippen molar-refractivity contribution in [3.8, 4) is 16.9 Å². The van der Waals surface area contributed by atoms with Crippen LogP contribution in [-0.2, 0) is 4.79 Å². The first-order valence-electron chi connectivity index (χ1n) is 8.37. The summed E-state index contributed by atoms with van der Waals surface area (Å²) in [5.74, 6) is 0.750. The minimum Gasteiger partial charge on any atom is -0.508 e. The predicted octanol–water partition coefficient (Wildman–Crippen LogP) is 3.80. The summed E-state index contributed by atoms with van der Waals surface area (Å²) in [4.78, 5) is 16.0. The van der Waals surface area contributed by atoms with Crippen molar-refractivity contribution in [2.24, 2.45) is 0 Å². The van der Waals surface area contributed by atoms with Crippen molar-refractivity contribution >= 4 is 28.7 Å². The van der Waals surface area contributed by atoms with Gasteiger partial charge in [0.1, 0.15) is 11.6 Å². The fourth-order valence-electron chi connectivity index (χ4n) is 2.80. The van der Waals surface area contributed by atoms with Crippen LogP contribution >= 0.6 is 0 Å². The van der Waals surface area contributed by atoms with Crippen molar-refractivity contribution < 1.29 is 9.90 Å². The Morgan fingerprint density at radius 2 is 1.89 bits per heavy atom. The molecule has 2 aromatic heterocycles. The zero-order valence-electron chi connectivity index (χ0n) is 14.5. The smallest absolute Gasteiger partial charge is 0.221 e. The second-order valence-corrected chi connectivity index (χ2v) is 6.07. The van der Waals surface area contributed by atoms with Gasteiger partial charge in [-0.2, -0.15) is 5.10 Å². The Labute approximate surface area is 155 Å². The summed E-state index contributed by atoms with van der Waals surface area (Å²) in [6, 6.07) is 16.1. The standard InChI is InChI=1S/C20H17N5O2/c1-13(26)22-16-4-2-3-14(11-16)18-12-21-25-10-9-19(24-20(18)25)23-15-5-7-17(27)8-6-15/h2-12,27H,1H3,(H,22,26)(H,23,24). The number of carbonyl (C=O) groups excluding carboxylic acids is 1. The quantitative estimate of drug-likeness (QED) is 0.482. The molecule has 2 heterocycles. The molecule has 0 atom stereocenters. The van der Waals surface area contributed by atoms with E-state index in [0.717, 1.165) is 22.5 Å². The number of nitrogens with zero attached hydrogens (tertiary/aromatic N) is 3. The highest BCUT2D eigenvalue weighted by atomic mass is 16.3. The van der Waals surface area contributed by atoms with Gasteiger partial charge in [0.05, 0.1) is 6.20 Å². The van der Waals surface area contributed by atoms with Crippen LogP contribution in [0.2, 0.25) is 0 Å². The number of anilines is 3. The summed E-state index contributed by atoms with van der Waals surface area (Å²) in [7, 11) is 0. The topological polar surface area (TPSA) is 91.6 Å². The highest BCUT2D eigenvalue weighted by Crippen LogP contribution is 2.27. The summed E-state index contributed by atoms with van der Waals surface area (Å²) in [6.45, 7) is 1.48. The number of amides is 1. The largest absolute Gasteiger partial charge is 0.508 e. The minimum atomic E-state index is -0.120. The van der Waals surface area contributed by atoms with E-state index in [0.29, 0.717) is 11.5 Å². The van der Waals surface area contributed by atoms with Gasteiger partial charge >= 0.3 is 0 Å². The summed E-state index contributed by atoms with van der Waals surface area (Å²) < 4.78 is 1.70. The van der Waals surface area contributed by atoms with Gasteiger partial charge in [-0.3, -0.25) is 4.79 Å². The predicted molar refractivity (Wildman–Crippen MR) is 104 cm³/mol. The lowest BCUT2D eigenvalue weighted by Gasteiger charge is -2.07. The van der Waals surface area contributed by atoms with Crippen molar-refractivity contribution in [1.82, 2.24) is 14.6 Å². The Kier molecular flexibility index (Phi) is 4.18. The SMILES string of the molecule is CC(=O)Nc1cccc(-c2cnn3ccc(Nc4ccc(O)cc4)nc23)c1. The van der Waals surface area contributed by atoms with E-state index in [1.165, 1.54) is 6.92 Å². The van der Waals surface area contributed by atoms with Crippen LogP contribution in [0.4, 0.5) is 17.2 Å². The summed E-state index contributed by atoms with van der Waals surface area (Å²) in [6.07, 6.45) is 3.58. The maximum absolute atomic E-state index is 11.3. The van der Waals surface area contributed by atoms with Crippen LogP contribution in [0.15, 0.2) is 67.0 Å². The number of hydrogen-bond donors (Lipinski definition) is 3. The number of aromatic nitrogens is 3. The molecule has 27 heavy (non-hydrogen) atoms.